The first-order valence-electron chi connectivity index (χ1n) is 9.19. The largest absolute Gasteiger partial charge is 0.444 e. The van der Waals surface area contributed by atoms with Gasteiger partial charge in [-0.3, -0.25) is 4.79 Å². The van der Waals surface area contributed by atoms with Crippen LogP contribution in [-0.4, -0.2) is 41.0 Å². The SMILES string of the molecule is Cc1noc2nc(C3CC3)cc(C(=O)O[C@H](C(=O)N(C)C)c3ccccc3)c12. The third-order valence-electron chi connectivity index (χ3n) is 4.84. The van der Waals surface area contributed by atoms with Gasteiger partial charge in [0.05, 0.1) is 16.6 Å². The van der Waals surface area contributed by atoms with Crippen LogP contribution in [0.25, 0.3) is 11.1 Å². The highest BCUT2D eigenvalue weighted by atomic mass is 16.5. The molecule has 7 nitrogen and oxygen atoms in total. The van der Waals surface area contributed by atoms with Crippen LogP contribution in [0.3, 0.4) is 0 Å². The Labute approximate surface area is 162 Å². The highest BCUT2D eigenvalue weighted by molar-refractivity contribution is 6.04. The molecule has 0 aliphatic heterocycles. The summed E-state index contributed by atoms with van der Waals surface area (Å²) in [6.07, 6.45) is 1.04. The Morgan fingerprint density at radius 3 is 2.57 bits per heavy atom. The molecule has 7 heteroatoms. The molecule has 0 spiro atoms. The predicted octanol–water partition coefficient (Wildman–Crippen LogP) is 3.39. The molecular formula is C21H21N3O4. The number of carbonyl (C=O) groups excluding carboxylic acids is 2. The zero-order valence-corrected chi connectivity index (χ0v) is 16.0. The van der Waals surface area contributed by atoms with Crippen LogP contribution in [0.5, 0.6) is 0 Å². The Hall–Kier alpha value is -3.22. The number of fused-ring (bicyclic) bond motifs is 1. The molecule has 1 aliphatic carbocycles. The lowest BCUT2D eigenvalue weighted by Gasteiger charge is -2.21. The van der Waals surface area contributed by atoms with Crippen molar-refractivity contribution in [1.82, 2.24) is 15.0 Å². The number of rotatable bonds is 5. The number of aromatic nitrogens is 2. The molecule has 1 amide bonds. The van der Waals surface area contributed by atoms with Crippen LogP contribution in [0.2, 0.25) is 0 Å². The van der Waals surface area contributed by atoms with E-state index in [0.29, 0.717) is 33.8 Å². The van der Waals surface area contributed by atoms with E-state index in [1.165, 1.54) is 4.90 Å². The number of aryl methyl sites for hydroxylation is 1. The summed E-state index contributed by atoms with van der Waals surface area (Å²) >= 11 is 0. The summed E-state index contributed by atoms with van der Waals surface area (Å²) in [6, 6.07) is 10.7. The van der Waals surface area contributed by atoms with E-state index in [1.807, 2.05) is 6.07 Å². The molecule has 28 heavy (non-hydrogen) atoms. The molecule has 144 valence electrons. The predicted molar refractivity (Wildman–Crippen MR) is 102 cm³/mol. The van der Waals surface area contributed by atoms with Crippen molar-refractivity contribution in [3.05, 3.63) is 58.9 Å². The molecule has 0 bridgehead atoms. The molecule has 1 fully saturated rings. The number of amides is 1. The number of nitrogens with zero attached hydrogens (tertiary/aromatic N) is 3. The number of esters is 1. The minimum Gasteiger partial charge on any atom is -0.444 e. The first-order chi connectivity index (χ1) is 13.5. The number of hydrogen-bond acceptors (Lipinski definition) is 6. The van der Waals surface area contributed by atoms with Crippen LogP contribution in [0.4, 0.5) is 0 Å². The fourth-order valence-corrected chi connectivity index (χ4v) is 3.16. The van der Waals surface area contributed by atoms with Crippen molar-refractivity contribution in [2.45, 2.75) is 31.8 Å². The van der Waals surface area contributed by atoms with Gasteiger partial charge in [-0.1, -0.05) is 35.5 Å². The topological polar surface area (TPSA) is 85.5 Å². The third kappa shape index (κ3) is 3.35. The van der Waals surface area contributed by atoms with E-state index < -0.39 is 12.1 Å². The molecule has 1 aromatic carbocycles. The zero-order chi connectivity index (χ0) is 19.8. The highest BCUT2D eigenvalue weighted by Gasteiger charge is 2.31. The van der Waals surface area contributed by atoms with Crippen LogP contribution >= 0.6 is 0 Å². The maximum atomic E-state index is 13.1. The highest BCUT2D eigenvalue weighted by Crippen LogP contribution is 2.40. The molecule has 0 N–H and O–H groups in total. The van der Waals surface area contributed by atoms with Gasteiger partial charge < -0.3 is 14.2 Å². The Balaban J connectivity index is 1.73. The fraction of sp³-hybridized carbons (Fsp3) is 0.333. The zero-order valence-electron chi connectivity index (χ0n) is 16.0. The van der Waals surface area contributed by atoms with Crippen molar-refractivity contribution in [1.29, 1.82) is 0 Å². The second-order valence-electron chi connectivity index (χ2n) is 7.25. The van der Waals surface area contributed by atoms with E-state index in [0.717, 1.165) is 18.5 Å². The van der Waals surface area contributed by atoms with Crippen molar-refractivity contribution < 1.29 is 18.8 Å². The van der Waals surface area contributed by atoms with E-state index in [2.05, 4.69) is 10.1 Å². The normalized spacial score (nSPS) is 14.7. The van der Waals surface area contributed by atoms with Crippen molar-refractivity contribution in [2.24, 2.45) is 0 Å². The summed E-state index contributed by atoms with van der Waals surface area (Å²) in [5.41, 5.74) is 2.63. The maximum absolute atomic E-state index is 13.1. The lowest BCUT2D eigenvalue weighted by molar-refractivity contribution is -0.138. The van der Waals surface area contributed by atoms with Crippen LogP contribution in [0, 0.1) is 6.92 Å². The average molecular weight is 379 g/mol. The summed E-state index contributed by atoms with van der Waals surface area (Å²) in [7, 11) is 3.26. The minimum absolute atomic E-state index is 0.311. The van der Waals surface area contributed by atoms with Gasteiger partial charge >= 0.3 is 5.97 Å². The summed E-state index contributed by atoms with van der Waals surface area (Å²) < 4.78 is 11.0. The Bertz CT molecular complexity index is 1040. The molecule has 1 saturated carbocycles. The van der Waals surface area contributed by atoms with E-state index >= 15 is 0 Å². The smallest absolute Gasteiger partial charge is 0.340 e. The number of benzene rings is 1. The number of ether oxygens (including phenoxy) is 1. The van der Waals surface area contributed by atoms with Crippen molar-refractivity contribution in [2.75, 3.05) is 14.1 Å². The second kappa shape index (κ2) is 7.07. The summed E-state index contributed by atoms with van der Waals surface area (Å²) in [5.74, 6) is -0.575. The molecule has 2 heterocycles. The monoisotopic (exact) mass is 379 g/mol. The van der Waals surface area contributed by atoms with E-state index in [4.69, 9.17) is 9.26 Å². The Kier molecular flexibility index (Phi) is 4.58. The van der Waals surface area contributed by atoms with Gasteiger partial charge in [0.25, 0.3) is 11.6 Å². The van der Waals surface area contributed by atoms with Gasteiger partial charge in [0.1, 0.15) is 0 Å². The first kappa shape index (κ1) is 18.2. The molecule has 3 aromatic rings. The van der Waals surface area contributed by atoms with Crippen molar-refractivity contribution in [3.63, 3.8) is 0 Å². The lowest BCUT2D eigenvalue weighted by atomic mass is 10.1. The number of carbonyl (C=O) groups is 2. The molecule has 0 radical (unpaired) electrons. The summed E-state index contributed by atoms with van der Waals surface area (Å²) in [4.78, 5) is 31.7. The molecule has 0 unspecified atom stereocenters. The quantitative estimate of drug-likeness (QED) is 0.632. The summed E-state index contributed by atoms with van der Waals surface area (Å²) in [6.45, 7) is 1.75. The average Bonchev–Trinajstić information content (AvgIpc) is 3.49. The molecular weight excluding hydrogens is 358 g/mol. The third-order valence-corrected chi connectivity index (χ3v) is 4.84. The fourth-order valence-electron chi connectivity index (χ4n) is 3.16. The van der Waals surface area contributed by atoms with Gasteiger partial charge in [-0.05, 0) is 25.8 Å². The molecule has 2 aromatic heterocycles. The van der Waals surface area contributed by atoms with Gasteiger partial charge in [0.15, 0.2) is 0 Å². The van der Waals surface area contributed by atoms with Gasteiger partial charge in [0.2, 0.25) is 6.10 Å². The number of hydrogen-bond donors (Lipinski definition) is 0. The van der Waals surface area contributed by atoms with Crippen LogP contribution in [-0.2, 0) is 9.53 Å². The number of likely N-dealkylation sites (N-methyl/N-ethyl adjacent to an activating group) is 1. The van der Waals surface area contributed by atoms with Crippen LogP contribution < -0.4 is 0 Å². The van der Waals surface area contributed by atoms with Gasteiger partial charge in [-0.2, -0.15) is 0 Å². The van der Waals surface area contributed by atoms with E-state index in [9.17, 15) is 9.59 Å². The van der Waals surface area contributed by atoms with Gasteiger partial charge in [-0.15, -0.1) is 0 Å². The van der Waals surface area contributed by atoms with E-state index in [1.54, 1.807) is 51.4 Å². The van der Waals surface area contributed by atoms with Crippen molar-refractivity contribution >= 4 is 23.0 Å². The Morgan fingerprint density at radius 2 is 1.93 bits per heavy atom. The lowest BCUT2D eigenvalue weighted by Crippen LogP contribution is -2.31. The standard InChI is InChI=1S/C21H21N3O4/c1-12-17-15(11-16(13-9-10-13)22-19(17)28-23-12)21(26)27-18(20(25)24(2)3)14-7-5-4-6-8-14/h4-8,11,13,18H,9-10H2,1-3H3/t18-/m0/s1. The molecule has 4 rings (SSSR count). The van der Waals surface area contributed by atoms with Crippen LogP contribution in [0.15, 0.2) is 40.9 Å². The maximum Gasteiger partial charge on any atom is 0.340 e. The van der Waals surface area contributed by atoms with E-state index in [-0.39, 0.29) is 5.91 Å². The second-order valence-corrected chi connectivity index (χ2v) is 7.25. The summed E-state index contributed by atoms with van der Waals surface area (Å²) in [5, 5.41) is 4.47. The van der Waals surface area contributed by atoms with Gasteiger partial charge in [0, 0.05) is 31.3 Å². The number of pyridine rings is 1. The van der Waals surface area contributed by atoms with Crippen LogP contribution in [0.1, 0.15) is 52.2 Å². The molecule has 1 atom stereocenters. The first-order valence-corrected chi connectivity index (χ1v) is 9.19. The molecule has 0 saturated heterocycles. The van der Waals surface area contributed by atoms with Crippen molar-refractivity contribution in [3.8, 4) is 0 Å². The van der Waals surface area contributed by atoms with Gasteiger partial charge in [-0.25, -0.2) is 9.78 Å². The molecule has 1 aliphatic rings. The minimum atomic E-state index is -1.03. The Morgan fingerprint density at radius 1 is 1.21 bits per heavy atom.